The van der Waals surface area contributed by atoms with E-state index in [2.05, 4.69) is 5.10 Å². The van der Waals surface area contributed by atoms with Gasteiger partial charge in [-0.15, -0.1) is 0 Å². The average molecular weight is 254 g/mol. The van der Waals surface area contributed by atoms with Crippen LogP contribution in [-0.4, -0.2) is 28.0 Å². The highest BCUT2D eigenvalue weighted by Crippen LogP contribution is 2.21. The minimum Gasteiger partial charge on any atom is -0.489 e. The molecule has 0 spiro atoms. The van der Waals surface area contributed by atoms with Gasteiger partial charge in [0.1, 0.15) is 11.3 Å². The Bertz CT molecular complexity index is 430. The van der Waals surface area contributed by atoms with E-state index in [1.54, 1.807) is 4.68 Å². The summed E-state index contributed by atoms with van der Waals surface area (Å²) < 4.78 is 12.6. The van der Waals surface area contributed by atoms with E-state index in [0.717, 1.165) is 17.1 Å². The van der Waals surface area contributed by atoms with Crippen molar-refractivity contribution in [2.75, 3.05) is 6.61 Å². The average Bonchev–Trinajstić information content (AvgIpc) is 2.41. The van der Waals surface area contributed by atoms with Gasteiger partial charge < -0.3 is 9.47 Å². The van der Waals surface area contributed by atoms with E-state index < -0.39 is 5.60 Å². The molecule has 1 rings (SSSR count). The van der Waals surface area contributed by atoms with Gasteiger partial charge in [0.05, 0.1) is 18.7 Å². The minimum absolute atomic E-state index is 0.241. The Balaban J connectivity index is 2.45. The fourth-order valence-electron chi connectivity index (χ4n) is 1.59. The third-order valence-electron chi connectivity index (χ3n) is 2.42. The minimum atomic E-state index is -0.447. The third-order valence-corrected chi connectivity index (χ3v) is 2.42. The van der Waals surface area contributed by atoms with Crippen LogP contribution in [0.2, 0.25) is 0 Å². The van der Waals surface area contributed by atoms with Gasteiger partial charge in [0.25, 0.3) is 0 Å². The van der Waals surface area contributed by atoms with E-state index in [4.69, 9.17) is 9.47 Å². The third kappa shape index (κ3) is 4.05. The largest absolute Gasteiger partial charge is 0.489 e. The maximum atomic E-state index is 11.5. The van der Waals surface area contributed by atoms with Gasteiger partial charge in [-0.3, -0.25) is 9.48 Å². The van der Waals surface area contributed by atoms with Gasteiger partial charge in [-0.05, 0) is 34.6 Å². The van der Waals surface area contributed by atoms with Crippen LogP contribution in [-0.2, 0) is 16.6 Å². The van der Waals surface area contributed by atoms with Crippen LogP contribution in [0, 0.1) is 13.8 Å². The predicted molar refractivity (Wildman–Crippen MR) is 68.6 cm³/mol. The highest BCUT2D eigenvalue weighted by atomic mass is 16.6. The topological polar surface area (TPSA) is 53.4 Å². The summed E-state index contributed by atoms with van der Waals surface area (Å²) in [7, 11) is 1.86. The lowest BCUT2D eigenvalue weighted by molar-refractivity contribution is -0.155. The molecule has 0 bridgehead atoms. The van der Waals surface area contributed by atoms with Crippen molar-refractivity contribution in [1.29, 1.82) is 0 Å². The molecule has 1 aromatic rings. The van der Waals surface area contributed by atoms with Crippen LogP contribution in [0.15, 0.2) is 0 Å². The van der Waals surface area contributed by atoms with Crippen molar-refractivity contribution in [3.8, 4) is 5.75 Å². The number of nitrogens with zero attached hydrogens (tertiary/aromatic N) is 2. The molecule has 0 aliphatic rings. The molecule has 0 aliphatic carbocycles. The van der Waals surface area contributed by atoms with Gasteiger partial charge in [-0.25, -0.2) is 0 Å². The summed E-state index contributed by atoms with van der Waals surface area (Å²) >= 11 is 0. The first kappa shape index (κ1) is 14.5. The van der Waals surface area contributed by atoms with Crippen LogP contribution in [0.4, 0.5) is 0 Å². The zero-order valence-corrected chi connectivity index (χ0v) is 12.0. The monoisotopic (exact) mass is 254 g/mol. The molecule has 0 amide bonds. The molecule has 0 saturated carbocycles. The maximum absolute atomic E-state index is 11.5. The highest BCUT2D eigenvalue weighted by Gasteiger charge is 2.17. The SMILES string of the molecule is Cc1nn(C)c(C)c1OCCC(=O)OC(C)(C)C. The van der Waals surface area contributed by atoms with Gasteiger partial charge in [0, 0.05) is 7.05 Å². The van der Waals surface area contributed by atoms with Crippen molar-refractivity contribution in [3.05, 3.63) is 11.4 Å². The zero-order valence-electron chi connectivity index (χ0n) is 12.0. The first-order valence-corrected chi connectivity index (χ1v) is 6.05. The van der Waals surface area contributed by atoms with E-state index >= 15 is 0 Å². The lowest BCUT2D eigenvalue weighted by Gasteiger charge is -2.19. The lowest BCUT2D eigenvalue weighted by atomic mass is 10.2. The van der Waals surface area contributed by atoms with Crippen LogP contribution in [0.3, 0.4) is 0 Å². The summed E-state index contributed by atoms with van der Waals surface area (Å²) in [5.41, 5.74) is 1.34. The van der Waals surface area contributed by atoms with Gasteiger partial charge in [0.2, 0.25) is 0 Å². The zero-order chi connectivity index (χ0) is 13.9. The molecule has 102 valence electrons. The summed E-state index contributed by atoms with van der Waals surface area (Å²) in [4.78, 5) is 11.5. The molecular formula is C13H22N2O3. The molecule has 1 aromatic heterocycles. The van der Waals surface area contributed by atoms with Crippen molar-refractivity contribution >= 4 is 5.97 Å². The lowest BCUT2D eigenvalue weighted by Crippen LogP contribution is -2.24. The maximum Gasteiger partial charge on any atom is 0.309 e. The first-order chi connectivity index (χ1) is 8.20. The van der Waals surface area contributed by atoms with E-state index in [9.17, 15) is 4.79 Å². The fraction of sp³-hybridized carbons (Fsp3) is 0.692. The number of rotatable bonds is 4. The molecule has 1 heterocycles. The smallest absolute Gasteiger partial charge is 0.309 e. The second-order valence-corrected chi connectivity index (χ2v) is 5.31. The Hall–Kier alpha value is -1.52. The van der Waals surface area contributed by atoms with Crippen LogP contribution in [0.25, 0.3) is 0 Å². The van der Waals surface area contributed by atoms with E-state index in [1.807, 2.05) is 41.7 Å². The highest BCUT2D eigenvalue weighted by molar-refractivity contribution is 5.70. The summed E-state index contributed by atoms with van der Waals surface area (Å²) in [6, 6.07) is 0. The van der Waals surface area contributed by atoms with Crippen molar-refractivity contribution in [2.45, 2.75) is 46.6 Å². The second-order valence-electron chi connectivity index (χ2n) is 5.31. The Morgan fingerprint density at radius 2 is 1.94 bits per heavy atom. The van der Waals surface area contributed by atoms with E-state index in [0.29, 0.717) is 6.61 Å². The molecule has 0 aliphatic heterocycles. The quantitative estimate of drug-likeness (QED) is 0.772. The van der Waals surface area contributed by atoms with E-state index in [-0.39, 0.29) is 12.4 Å². The molecule has 0 atom stereocenters. The molecule has 5 heteroatoms. The fourth-order valence-corrected chi connectivity index (χ4v) is 1.59. The summed E-state index contributed by atoms with van der Waals surface area (Å²) in [6.45, 7) is 9.67. The molecule has 0 unspecified atom stereocenters. The standard InChI is InChI=1S/C13H22N2O3/c1-9-12(10(2)15(6)14-9)17-8-7-11(16)18-13(3,4)5/h7-8H2,1-6H3. The van der Waals surface area contributed by atoms with Gasteiger partial charge >= 0.3 is 5.97 Å². The molecule has 5 nitrogen and oxygen atoms in total. The number of carbonyl (C=O) groups excluding carboxylic acids is 1. The second kappa shape index (κ2) is 5.42. The molecule has 0 N–H and O–H groups in total. The first-order valence-electron chi connectivity index (χ1n) is 6.05. The molecule has 18 heavy (non-hydrogen) atoms. The number of aryl methyl sites for hydroxylation is 2. The van der Waals surface area contributed by atoms with Crippen molar-refractivity contribution in [2.24, 2.45) is 7.05 Å². The van der Waals surface area contributed by atoms with Crippen LogP contribution in [0.1, 0.15) is 38.6 Å². The Morgan fingerprint density at radius 1 is 1.33 bits per heavy atom. The van der Waals surface area contributed by atoms with Gasteiger partial charge in [0.15, 0.2) is 5.75 Å². The number of carbonyl (C=O) groups is 1. The molecular weight excluding hydrogens is 232 g/mol. The number of esters is 1. The number of hydrogen-bond acceptors (Lipinski definition) is 4. The van der Waals surface area contributed by atoms with E-state index in [1.165, 1.54) is 0 Å². The predicted octanol–water partition coefficient (Wildman–Crippen LogP) is 2.15. The molecule has 0 radical (unpaired) electrons. The summed E-state index contributed by atoms with van der Waals surface area (Å²) in [5.74, 6) is 0.503. The van der Waals surface area contributed by atoms with Crippen molar-refractivity contribution in [3.63, 3.8) is 0 Å². The van der Waals surface area contributed by atoms with Gasteiger partial charge in [-0.1, -0.05) is 0 Å². The van der Waals surface area contributed by atoms with Gasteiger partial charge in [-0.2, -0.15) is 5.10 Å². The Labute approximate surface area is 108 Å². The van der Waals surface area contributed by atoms with Crippen molar-refractivity contribution in [1.82, 2.24) is 9.78 Å². The molecule has 0 saturated heterocycles. The van der Waals surface area contributed by atoms with Crippen LogP contribution in [0.5, 0.6) is 5.75 Å². The Kier molecular flexibility index (Phi) is 4.38. The van der Waals surface area contributed by atoms with Crippen LogP contribution < -0.4 is 4.74 Å². The molecule has 0 fully saturated rings. The number of aromatic nitrogens is 2. The molecule has 0 aromatic carbocycles. The number of hydrogen-bond donors (Lipinski definition) is 0. The summed E-state index contributed by atoms with van der Waals surface area (Å²) in [5, 5.41) is 4.24. The van der Waals surface area contributed by atoms with Crippen molar-refractivity contribution < 1.29 is 14.3 Å². The summed E-state index contributed by atoms with van der Waals surface area (Å²) in [6.07, 6.45) is 0.241. The van der Waals surface area contributed by atoms with Crippen LogP contribution >= 0.6 is 0 Å². The Morgan fingerprint density at radius 3 is 2.39 bits per heavy atom. The number of ether oxygens (including phenoxy) is 2. The normalized spacial score (nSPS) is 11.4.